The van der Waals surface area contributed by atoms with Gasteiger partial charge >= 0.3 is 0 Å². The molecule has 5 rings (SSSR count). The molecule has 7 heteroatoms. The summed E-state index contributed by atoms with van der Waals surface area (Å²) in [5, 5.41) is 0.925. The monoisotopic (exact) mass is 376 g/mol. The van der Waals surface area contributed by atoms with E-state index in [1.54, 1.807) is 31.4 Å². The van der Waals surface area contributed by atoms with E-state index >= 15 is 0 Å². The van der Waals surface area contributed by atoms with Crippen LogP contribution in [-0.2, 0) is 9.59 Å². The third kappa shape index (κ3) is 2.51. The minimum atomic E-state index is -0.332. The van der Waals surface area contributed by atoms with E-state index in [0.717, 1.165) is 22.2 Å². The van der Waals surface area contributed by atoms with Crippen LogP contribution in [0.25, 0.3) is 17.0 Å². The van der Waals surface area contributed by atoms with Crippen LogP contribution in [0.4, 0.5) is 5.69 Å². The van der Waals surface area contributed by atoms with E-state index in [4.69, 9.17) is 14.2 Å². The molecule has 2 aliphatic rings. The Labute approximate surface area is 160 Å². The van der Waals surface area contributed by atoms with Gasteiger partial charge in [0.2, 0.25) is 12.7 Å². The molecule has 7 nitrogen and oxygen atoms in total. The van der Waals surface area contributed by atoms with Crippen LogP contribution in [0.5, 0.6) is 17.2 Å². The molecule has 0 saturated carbocycles. The Balaban J connectivity index is 1.51. The van der Waals surface area contributed by atoms with Gasteiger partial charge in [-0.3, -0.25) is 9.59 Å². The number of H-pyrrole nitrogens is 1. The molecule has 0 spiro atoms. The normalized spacial score (nSPS) is 17.2. The fourth-order valence-corrected chi connectivity index (χ4v) is 3.53. The Morgan fingerprint density at radius 2 is 1.96 bits per heavy atom. The summed E-state index contributed by atoms with van der Waals surface area (Å²) in [6.07, 6.45) is 3.62. The van der Waals surface area contributed by atoms with Crippen LogP contribution >= 0.6 is 0 Å². The number of nitrogens with one attached hydrogen (secondary N) is 1. The third-order valence-electron chi connectivity index (χ3n) is 4.93. The number of methoxy groups -OCH3 is 1. The number of aromatic nitrogens is 1. The second kappa shape index (κ2) is 6.16. The van der Waals surface area contributed by atoms with Crippen molar-refractivity contribution in [3.05, 3.63) is 53.7 Å². The Morgan fingerprint density at radius 3 is 2.82 bits per heavy atom. The first-order chi connectivity index (χ1) is 13.6. The Morgan fingerprint density at radius 1 is 1.11 bits per heavy atom. The zero-order chi connectivity index (χ0) is 19.3. The quantitative estimate of drug-likeness (QED) is 0.561. The van der Waals surface area contributed by atoms with E-state index in [0.29, 0.717) is 22.8 Å². The van der Waals surface area contributed by atoms with Gasteiger partial charge in [0.05, 0.1) is 19.2 Å². The topological polar surface area (TPSA) is 80.9 Å². The van der Waals surface area contributed by atoms with Gasteiger partial charge in [-0.15, -0.1) is 0 Å². The lowest BCUT2D eigenvalue weighted by Crippen LogP contribution is -2.28. The average Bonchev–Trinajstić information content (AvgIpc) is 3.39. The molecule has 1 N–H and O–H groups in total. The Kier molecular flexibility index (Phi) is 3.61. The van der Waals surface area contributed by atoms with Gasteiger partial charge in [0.25, 0.3) is 5.91 Å². The fraction of sp³-hybridized carbons (Fsp3) is 0.143. The molecule has 0 bridgehead atoms. The van der Waals surface area contributed by atoms with Crippen LogP contribution in [0, 0.1) is 0 Å². The van der Waals surface area contributed by atoms with Gasteiger partial charge in [-0.2, -0.15) is 0 Å². The maximum absolute atomic E-state index is 12.9. The highest BCUT2D eigenvalue weighted by atomic mass is 16.7. The molecule has 2 aromatic carbocycles. The third-order valence-corrected chi connectivity index (χ3v) is 4.93. The Bertz CT molecular complexity index is 1160. The molecule has 2 aliphatic heterocycles. The molecule has 1 aromatic heterocycles. The van der Waals surface area contributed by atoms with Gasteiger partial charge in [-0.1, -0.05) is 0 Å². The van der Waals surface area contributed by atoms with Crippen molar-refractivity contribution in [1.82, 2.24) is 4.98 Å². The fourth-order valence-electron chi connectivity index (χ4n) is 3.53. The summed E-state index contributed by atoms with van der Waals surface area (Å²) in [5.41, 5.74) is 2.67. The number of rotatable bonds is 3. The number of carbonyl (C=O) groups excluding carboxylic acids is 2. The number of benzene rings is 2. The number of carbonyl (C=O) groups is 2. The van der Waals surface area contributed by atoms with Crippen molar-refractivity contribution in [2.75, 3.05) is 18.8 Å². The summed E-state index contributed by atoms with van der Waals surface area (Å²) in [6.45, 7) is 0.135. The summed E-state index contributed by atoms with van der Waals surface area (Å²) in [4.78, 5) is 29.8. The number of aromatic amines is 1. The van der Waals surface area contributed by atoms with Crippen LogP contribution in [0.1, 0.15) is 12.0 Å². The van der Waals surface area contributed by atoms with Gasteiger partial charge < -0.3 is 19.2 Å². The lowest BCUT2D eigenvalue weighted by Gasteiger charge is -2.13. The van der Waals surface area contributed by atoms with Crippen molar-refractivity contribution in [3.63, 3.8) is 0 Å². The minimum Gasteiger partial charge on any atom is -0.497 e. The highest BCUT2D eigenvalue weighted by Gasteiger charge is 2.35. The first-order valence-electron chi connectivity index (χ1n) is 8.76. The van der Waals surface area contributed by atoms with Crippen LogP contribution < -0.4 is 19.1 Å². The predicted octanol–water partition coefficient (Wildman–Crippen LogP) is 3.25. The first-order valence-corrected chi connectivity index (χ1v) is 8.76. The Hall–Kier alpha value is -3.74. The largest absolute Gasteiger partial charge is 0.497 e. The lowest BCUT2D eigenvalue weighted by molar-refractivity contribution is -0.120. The van der Waals surface area contributed by atoms with E-state index in [2.05, 4.69) is 4.98 Å². The zero-order valence-corrected chi connectivity index (χ0v) is 15.0. The number of hydrogen-bond donors (Lipinski definition) is 1. The van der Waals surface area contributed by atoms with Crippen molar-refractivity contribution in [3.8, 4) is 17.2 Å². The van der Waals surface area contributed by atoms with Crippen molar-refractivity contribution in [2.24, 2.45) is 0 Å². The molecule has 2 amide bonds. The lowest BCUT2D eigenvalue weighted by atomic mass is 10.1. The molecule has 1 saturated heterocycles. The number of amides is 2. The maximum atomic E-state index is 12.9. The summed E-state index contributed by atoms with van der Waals surface area (Å²) in [6, 6.07) is 10.7. The van der Waals surface area contributed by atoms with Gasteiger partial charge in [0, 0.05) is 34.3 Å². The molecule has 3 aromatic rings. The molecular formula is C21H16N2O5. The van der Waals surface area contributed by atoms with Crippen LogP contribution in [-0.4, -0.2) is 30.7 Å². The summed E-state index contributed by atoms with van der Waals surface area (Å²) < 4.78 is 15.9. The summed E-state index contributed by atoms with van der Waals surface area (Å²) in [7, 11) is 1.61. The van der Waals surface area contributed by atoms with Crippen molar-refractivity contribution in [1.29, 1.82) is 0 Å². The molecule has 0 radical (unpaired) electrons. The first kappa shape index (κ1) is 16.4. The number of ether oxygens (including phenoxy) is 3. The van der Waals surface area contributed by atoms with Crippen LogP contribution in [0.15, 0.2) is 48.2 Å². The molecule has 0 atom stereocenters. The van der Waals surface area contributed by atoms with Gasteiger partial charge in [0.15, 0.2) is 11.5 Å². The zero-order valence-electron chi connectivity index (χ0n) is 15.0. The molecule has 3 heterocycles. The highest BCUT2D eigenvalue weighted by Crippen LogP contribution is 2.38. The van der Waals surface area contributed by atoms with E-state index in [1.165, 1.54) is 4.90 Å². The number of nitrogens with zero attached hydrogens (tertiary/aromatic N) is 1. The van der Waals surface area contributed by atoms with Gasteiger partial charge in [-0.25, -0.2) is 4.90 Å². The van der Waals surface area contributed by atoms with E-state index in [1.807, 2.05) is 24.4 Å². The average molecular weight is 376 g/mol. The van der Waals surface area contributed by atoms with Crippen LogP contribution in [0.3, 0.4) is 0 Å². The van der Waals surface area contributed by atoms with Crippen molar-refractivity contribution in [2.45, 2.75) is 6.42 Å². The molecule has 28 heavy (non-hydrogen) atoms. The second-order valence-corrected chi connectivity index (χ2v) is 6.57. The predicted molar refractivity (Wildman–Crippen MR) is 103 cm³/mol. The number of fused-ring (bicyclic) bond motifs is 2. The molecule has 0 unspecified atom stereocenters. The van der Waals surface area contributed by atoms with Crippen molar-refractivity contribution >= 4 is 34.5 Å². The maximum Gasteiger partial charge on any atom is 0.261 e. The van der Waals surface area contributed by atoms with E-state index < -0.39 is 0 Å². The van der Waals surface area contributed by atoms with Gasteiger partial charge in [0.1, 0.15) is 5.75 Å². The van der Waals surface area contributed by atoms with Gasteiger partial charge in [-0.05, 0) is 36.4 Å². The van der Waals surface area contributed by atoms with Crippen molar-refractivity contribution < 1.29 is 23.8 Å². The molecular weight excluding hydrogens is 360 g/mol. The van der Waals surface area contributed by atoms with E-state index in [-0.39, 0.29) is 25.0 Å². The smallest absolute Gasteiger partial charge is 0.261 e. The number of hydrogen-bond acceptors (Lipinski definition) is 5. The summed E-state index contributed by atoms with van der Waals surface area (Å²) >= 11 is 0. The highest BCUT2D eigenvalue weighted by molar-refractivity contribution is 6.29. The second-order valence-electron chi connectivity index (χ2n) is 6.57. The molecule has 0 aliphatic carbocycles. The minimum absolute atomic E-state index is 0.0456. The number of anilines is 1. The SMILES string of the molecule is COc1ccc2[nH]cc(C=C3CC(=O)N(c4ccc5c(c4)OCO5)C3=O)c2c1. The summed E-state index contributed by atoms with van der Waals surface area (Å²) in [5.74, 6) is 1.25. The molecule has 1 fully saturated rings. The van der Waals surface area contributed by atoms with E-state index in [9.17, 15) is 9.59 Å². The van der Waals surface area contributed by atoms with Crippen LogP contribution in [0.2, 0.25) is 0 Å². The number of imide groups is 1. The standard InChI is InChI=1S/C21H16N2O5/c1-26-15-3-4-17-16(9-15)13(10-22-17)6-12-7-20(24)23(21(12)25)14-2-5-18-19(8-14)28-11-27-18/h2-6,8-10,22H,7,11H2,1H3. The molecule has 140 valence electrons.